The Labute approximate surface area is 109 Å². The van der Waals surface area contributed by atoms with Crippen LogP contribution >= 0.6 is 0 Å². The van der Waals surface area contributed by atoms with Crippen molar-refractivity contribution in [2.45, 2.75) is 25.8 Å². The lowest BCUT2D eigenvalue weighted by molar-refractivity contribution is 0.112. The minimum atomic E-state index is 0.569. The van der Waals surface area contributed by atoms with Crippen molar-refractivity contribution < 1.29 is 4.79 Å². The first-order valence-corrected chi connectivity index (χ1v) is 6.75. The van der Waals surface area contributed by atoms with Crippen molar-refractivity contribution in [2.75, 3.05) is 31.6 Å². The molecule has 0 amide bonds. The zero-order chi connectivity index (χ0) is 13.0. The van der Waals surface area contributed by atoms with Gasteiger partial charge in [-0.25, -0.2) is 0 Å². The third-order valence-electron chi connectivity index (χ3n) is 3.73. The SMILES string of the molecule is CCC1CN(C)CCCN1c1ccc(C=O)cc1. The van der Waals surface area contributed by atoms with Gasteiger partial charge in [-0.2, -0.15) is 0 Å². The normalized spacial score (nSPS) is 21.7. The molecule has 0 N–H and O–H groups in total. The van der Waals surface area contributed by atoms with Crippen molar-refractivity contribution >= 4 is 12.0 Å². The van der Waals surface area contributed by atoms with E-state index in [2.05, 4.69) is 35.9 Å². The lowest BCUT2D eigenvalue weighted by Gasteiger charge is -2.32. The molecule has 1 atom stereocenters. The molecule has 1 heterocycles. The molecule has 0 bridgehead atoms. The summed E-state index contributed by atoms with van der Waals surface area (Å²) in [5.74, 6) is 0. The van der Waals surface area contributed by atoms with Crippen molar-refractivity contribution in [1.82, 2.24) is 4.90 Å². The summed E-state index contributed by atoms with van der Waals surface area (Å²) in [6.07, 6.45) is 3.25. The number of carbonyl (C=O) groups is 1. The predicted octanol–water partition coefficient (Wildman–Crippen LogP) is 2.42. The van der Waals surface area contributed by atoms with Crippen LogP contribution in [-0.4, -0.2) is 43.9 Å². The molecule has 18 heavy (non-hydrogen) atoms. The minimum absolute atomic E-state index is 0.569. The summed E-state index contributed by atoms with van der Waals surface area (Å²) in [5.41, 5.74) is 1.99. The molecular formula is C15H22N2O. The first-order chi connectivity index (χ1) is 8.74. The maximum atomic E-state index is 10.7. The zero-order valence-electron chi connectivity index (χ0n) is 11.3. The number of hydrogen-bond donors (Lipinski definition) is 0. The monoisotopic (exact) mass is 246 g/mol. The van der Waals surface area contributed by atoms with Crippen LogP contribution in [0.5, 0.6) is 0 Å². The maximum absolute atomic E-state index is 10.7. The lowest BCUT2D eigenvalue weighted by atomic mass is 10.1. The molecule has 1 aliphatic rings. The summed E-state index contributed by atoms with van der Waals surface area (Å²) >= 11 is 0. The second kappa shape index (κ2) is 6.01. The van der Waals surface area contributed by atoms with E-state index >= 15 is 0 Å². The molecule has 98 valence electrons. The summed E-state index contributed by atoms with van der Waals surface area (Å²) in [4.78, 5) is 15.6. The van der Waals surface area contributed by atoms with Gasteiger partial charge in [-0.1, -0.05) is 6.92 Å². The highest BCUT2D eigenvalue weighted by molar-refractivity contribution is 5.75. The molecule has 0 aliphatic carbocycles. The molecule has 1 saturated heterocycles. The van der Waals surface area contributed by atoms with Crippen LogP contribution in [-0.2, 0) is 0 Å². The third-order valence-corrected chi connectivity index (χ3v) is 3.73. The summed E-state index contributed by atoms with van der Waals surface area (Å²) in [5, 5.41) is 0. The van der Waals surface area contributed by atoms with E-state index in [0.717, 1.165) is 31.4 Å². The molecule has 3 nitrogen and oxygen atoms in total. The van der Waals surface area contributed by atoms with Gasteiger partial charge in [0.05, 0.1) is 0 Å². The van der Waals surface area contributed by atoms with Crippen LogP contribution < -0.4 is 4.90 Å². The summed E-state index contributed by atoms with van der Waals surface area (Å²) in [6.45, 7) is 5.63. The molecule has 1 aliphatic heterocycles. The summed E-state index contributed by atoms with van der Waals surface area (Å²) in [7, 11) is 2.20. The molecular weight excluding hydrogens is 224 g/mol. The summed E-state index contributed by atoms with van der Waals surface area (Å²) in [6, 6.07) is 8.52. The first-order valence-electron chi connectivity index (χ1n) is 6.75. The fourth-order valence-electron chi connectivity index (χ4n) is 2.68. The molecule has 1 fully saturated rings. The third kappa shape index (κ3) is 2.91. The lowest BCUT2D eigenvalue weighted by Crippen LogP contribution is -2.39. The highest BCUT2D eigenvalue weighted by Crippen LogP contribution is 2.22. The topological polar surface area (TPSA) is 23.6 Å². The molecule has 1 aromatic carbocycles. The number of nitrogens with zero attached hydrogens (tertiary/aromatic N) is 2. The Hall–Kier alpha value is -1.35. The van der Waals surface area contributed by atoms with E-state index in [1.54, 1.807) is 0 Å². The Morgan fingerprint density at radius 2 is 2.00 bits per heavy atom. The fourth-order valence-corrected chi connectivity index (χ4v) is 2.68. The second-order valence-corrected chi connectivity index (χ2v) is 5.08. The van der Waals surface area contributed by atoms with Crippen LogP contribution in [0.25, 0.3) is 0 Å². The second-order valence-electron chi connectivity index (χ2n) is 5.08. The van der Waals surface area contributed by atoms with Crippen LogP contribution in [0.1, 0.15) is 30.1 Å². The molecule has 0 saturated carbocycles. The smallest absolute Gasteiger partial charge is 0.150 e. The molecule has 0 aromatic heterocycles. The number of carbonyl (C=O) groups excluding carboxylic acids is 1. The maximum Gasteiger partial charge on any atom is 0.150 e. The van der Waals surface area contributed by atoms with E-state index in [0.29, 0.717) is 6.04 Å². The van der Waals surface area contributed by atoms with Crippen molar-refractivity contribution in [2.24, 2.45) is 0 Å². The quantitative estimate of drug-likeness (QED) is 0.765. The van der Waals surface area contributed by atoms with Crippen molar-refractivity contribution in [3.8, 4) is 0 Å². The van der Waals surface area contributed by atoms with Crippen molar-refractivity contribution in [3.05, 3.63) is 29.8 Å². The van der Waals surface area contributed by atoms with Gasteiger partial charge >= 0.3 is 0 Å². The van der Waals surface area contributed by atoms with Gasteiger partial charge in [-0.3, -0.25) is 4.79 Å². The highest BCUT2D eigenvalue weighted by atomic mass is 16.1. The molecule has 3 heteroatoms. The minimum Gasteiger partial charge on any atom is -0.367 e. The number of aldehydes is 1. The van der Waals surface area contributed by atoms with Gasteiger partial charge < -0.3 is 9.80 Å². The average molecular weight is 246 g/mol. The Balaban J connectivity index is 2.19. The number of likely N-dealkylation sites (N-methyl/N-ethyl adjacent to an activating group) is 1. The molecule has 1 aromatic rings. The number of benzene rings is 1. The van der Waals surface area contributed by atoms with E-state index in [4.69, 9.17) is 0 Å². The Kier molecular flexibility index (Phi) is 4.37. The Morgan fingerprint density at radius 3 is 2.61 bits per heavy atom. The van der Waals surface area contributed by atoms with Crippen molar-refractivity contribution in [3.63, 3.8) is 0 Å². The number of hydrogen-bond acceptors (Lipinski definition) is 3. The van der Waals surface area contributed by atoms with Crippen LogP contribution in [0.4, 0.5) is 5.69 Å². The summed E-state index contributed by atoms with van der Waals surface area (Å²) < 4.78 is 0. The predicted molar refractivity (Wildman–Crippen MR) is 75.4 cm³/mol. The number of rotatable bonds is 3. The van der Waals surface area contributed by atoms with Gasteiger partial charge in [0.15, 0.2) is 0 Å². The van der Waals surface area contributed by atoms with Crippen LogP contribution in [0, 0.1) is 0 Å². The van der Waals surface area contributed by atoms with E-state index in [1.807, 2.05) is 12.1 Å². The molecule has 1 unspecified atom stereocenters. The Bertz CT molecular complexity index is 388. The van der Waals surface area contributed by atoms with Gasteiger partial charge in [-0.15, -0.1) is 0 Å². The van der Waals surface area contributed by atoms with E-state index in [9.17, 15) is 4.79 Å². The van der Waals surface area contributed by atoms with Gasteiger partial charge in [0.1, 0.15) is 6.29 Å². The van der Waals surface area contributed by atoms with Crippen LogP contribution in [0.15, 0.2) is 24.3 Å². The van der Waals surface area contributed by atoms with Crippen LogP contribution in [0.3, 0.4) is 0 Å². The first kappa shape index (κ1) is 13.1. The van der Waals surface area contributed by atoms with Gasteiger partial charge in [0, 0.05) is 30.4 Å². The largest absolute Gasteiger partial charge is 0.367 e. The molecule has 0 spiro atoms. The molecule has 0 radical (unpaired) electrons. The van der Waals surface area contributed by atoms with Crippen LogP contribution in [0.2, 0.25) is 0 Å². The standard InChI is InChI=1S/C15H22N2O/c1-3-14-11-16(2)9-4-10-17(14)15-7-5-13(12-18)6-8-15/h5-8,12,14H,3-4,9-11H2,1-2H3. The fraction of sp³-hybridized carbons (Fsp3) is 0.533. The van der Waals surface area contributed by atoms with Crippen molar-refractivity contribution in [1.29, 1.82) is 0 Å². The van der Waals surface area contributed by atoms with Gasteiger partial charge in [0.2, 0.25) is 0 Å². The number of anilines is 1. The Morgan fingerprint density at radius 1 is 1.28 bits per heavy atom. The highest BCUT2D eigenvalue weighted by Gasteiger charge is 2.21. The van der Waals surface area contributed by atoms with Gasteiger partial charge in [-0.05, 0) is 50.7 Å². The van der Waals surface area contributed by atoms with E-state index in [1.165, 1.54) is 18.7 Å². The zero-order valence-corrected chi connectivity index (χ0v) is 11.3. The van der Waals surface area contributed by atoms with E-state index < -0.39 is 0 Å². The van der Waals surface area contributed by atoms with E-state index in [-0.39, 0.29) is 0 Å². The molecule has 2 rings (SSSR count). The van der Waals surface area contributed by atoms with Gasteiger partial charge in [0.25, 0.3) is 0 Å². The average Bonchev–Trinajstić information content (AvgIpc) is 2.60.